The highest BCUT2D eigenvalue weighted by atomic mass is 32.1. The molecule has 2 N–H and O–H groups in total. The second-order valence-corrected chi connectivity index (χ2v) is 9.42. The molecule has 1 aromatic carbocycles. The zero-order valence-electron chi connectivity index (χ0n) is 18.3. The van der Waals surface area contributed by atoms with Crippen molar-refractivity contribution in [3.05, 3.63) is 40.9 Å². The maximum absolute atomic E-state index is 12.6. The smallest absolute Gasteiger partial charge is 0.270 e. The first kappa shape index (κ1) is 22.4. The molecule has 0 spiro atoms. The number of carbonyl (C=O) groups excluding carboxylic acids is 2. The van der Waals surface area contributed by atoms with Gasteiger partial charge < -0.3 is 10.6 Å². The van der Waals surface area contributed by atoms with E-state index in [2.05, 4.69) is 58.6 Å². The zero-order valence-corrected chi connectivity index (χ0v) is 19.1. The van der Waals surface area contributed by atoms with Gasteiger partial charge in [0.2, 0.25) is 5.91 Å². The number of hydrogen-bond acceptors (Lipinski definition) is 5. The molecular weight excluding hydrogens is 396 g/mol. The van der Waals surface area contributed by atoms with Gasteiger partial charge in [-0.3, -0.25) is 14.5 Å². The summed E-state index contributed by atoms with van der Waals surface area (Å²) in [6.07, 6.45) is 1.68. The van der Waals surface area contributed by atoms with Crippen LogP contribution in [0, 0.1) is 0 Å². The second-order valence-electron chi connectivity index (χ2n) is 8.56. The maximum Gasteiger partial charge on any atom is 0.270 e. The fraction of sp³-hybridized carbons (Fsp3) is 0.522. The molecule has 2 heterocycles. The van der Waals surface area contributed by atoms with Crippen LogP contribution in [0.15, 0.2) is 29.6 Å². The Kier molecular flexibility index (Phi) is 7.61. The Bertz CT molecular complexity index is 852. The molecule has 0 aliphatic carbocycles. The van der Waals surface area contributed by atoms with Gasteiger partial charge in [0.25, 0.3) is 5.91 Å². The van der Waals surface area contributed by atoms with E-state index in [9.17, 15) is 9.59 Å². The van der Waals surface area contributed by atoms with Gasteiger partial charge >= 0.3 is 0 Å². The fourth-order valence-corrected chi connectivity index (χ4v) is 4.39. The lowest BCUT2D eigenvalue weighted by Crippen LogP contribution is -2.48. The van der Waals surface area contributed by atoms with Crippen LogP contribution in [0.3, 0.4) is 0 Å². The molecule has 3 rings (SSSR count). The molecule has 1 fully saturated rings. The van der Waals surface area contributed by atoms with Gasteiger partial charge in [-0.1, -0.05) is 38.1 Å². The van der Waals surface area contributed by atoms with E-state index >= 15 is 0 Å². The minimum absolute atomic E-state index is 0.0592. The summed E-state index contributed by atoms with van der Waals surface area (Å²) in [6.45, 7) is 10.3. The van der Waals surface area contributed by atoms with Crippen LogP contribution in [-0.4, -0.2) is 53.4 Å². The van der Waals surface area contributed by atoms with Crippen LogP contribution < -0.4 is 10.6 Å². The highest BCUT2D eigenvalue weighted by Gasteiger charge is 2.23. The first-order chi connectivity index (χ1) is 14.3. The van der Waals surface area contributed by atoms with Crippen LogP contribution >= 0.6 is 11.3 Å². The predicted molar refractivity (Wildman–Crippen MR) is 122 cm³/mol. The van der Waals surface area contributed by atoms with Crippen LogP contribution in [0.5, 0.6) is 0 Å². The molecule has 0 saturated carbocycles. The second kappa shape index (κ2) is 10.2. The molecule has 1 saturated heterocycles. The third kappa shape index (κ3) is 6.12. The molecule has 7 heteroatoms. The van der Waals surface area contributed by atoms with Crippen molar-refractivity contribution >= 4 is 23.2 Å². The molecule has 6 nitrogen and oxygen atoms in total. The van der Waals surface area contributed by atoms with Gasteiger partial charge in [0.05, 0.1) is 6.54 Å². The number of amides is 2. The first-order valence-corrected chi connectivity index (χ1v) is 11.6. The Morgan fingerprint density at radius 1 is 1.13 bits per heavy atom. The maximum atomic E-state index is 12.6. The normalized spacial score (nSPS) is 15.5. The van der Waals surface area contributed by atoms with Gasteiger partial charge in [-0.15, -0.1) is 11.3 Å². The number of rotatable bonds is 7. The van der Waals surface area contributed by atoms with Crippen molar-refractivity contribution in [2.75, 3.05) is 19.6 Å². The number of likely N-dealkylation sites (tertiary alicyclic amines) is 1. The van der Waals surface area contributed by atoms with Gasteiger partial charge in [0.15, 0.2) is 0 Å². The summed E-state index contributed by atoms with van der Waals surface area (Å²) in [7, 11) is 0. The largest absolute Gasteiger partial charge is 0.353 e. The number of nitrogens with one attached hydrogen (secondary N) is 2. The highest BCUT2D eigenvalue weighted by molar-refractivity contribution is 7.13. The van der Waals surface area contributed by atoms with E-state index < -0.39 is 0 Å². The molecule has 0 atom stereocenters. The van der Waals surface area contributed by atoms with Gasteiger partial charge in [0.1, 0.15) is 10.7 Å². The third-order valence-electron chi connectivity index (χ3n) is 5.30. The third-order valence-corrected chi connectivity index (χ3v) is 6.19. The molecule has 2 amide bonds. The van der Waals surface area contributed by atoms with Gasteiger partial charge in [-0.2, -0.15) is 0 Å². The van der Waals surface area contributed by atoms with Gasteiger partial charge in [0, 0.05) is 36.1 Å². The topological polar surface area (TPSA) is 74.3 Å². The Morgan fingerprint density at radius 2 is 1.80 bits per heavy atom. The number of aromatic nitrogens is 1. The van der Waals surface area contributed by atoms with Gasteiger partial charge in [-0.25, -0.2) is 4.98 Å². The van der Waals surface area contributed by atoms with E-state index in [0.29, 0.717) is 18.2 Å². The molecular formula is C23H32N4O2S. The summed E-state index contributed by atoms with van der Waals surface area (Å²) in [5.41, 5.74) is 2.81. The van der Waals surface area contributed by atoms with Crippen LogP contribution in [0.1, 0.15) is 62.5 Å². The lowest BCUT2D eigenvalue weighted by molar-refractivity contribution is -0.123. The van der Waals surface area contributed by atoms with E-state index in [4.69, 9.17) is 0 Å². The summed E-state index contributed by atoms with van der Waals surface area (Å²) in [4.78, 5) is 31.2. The molecule has 162 valence electrons. The van der Waals surface area contributed by atoms with Crippen LogP contribution in [-0.2, 0) is 4.79 Å². The van der Waals surface area contributed by atoms with Crippen LogP contribution in [0.25, 0.3) is 10.6 Å². The lowest BCUT2D eigenvalue weighted by Gasteiger charge is -2.31. The number of thiazole rings is 1. The number of piperidine rings is 1. The molecule has 30 heavy (non-hydrogen) atoms. The molecule has 2 aromatic rings. The Morgan fingerprint density at radius 3 is 2.40 bits per heavy atom. The van der Waals surface area contributed by atoms with Crippen molar-refractivity contribution in [3.63, 3.8) is 0 Å². The number of carbonyl (C=O) groups is 2. The Hall–Kier alpha value is -2.25. The van der Waals surface area contributed by atoms with Gasteiger partial charge in [-0.05, 0) is 38.2 Å². The number of hydrogen-bond donors (Lipinski definition) is 2. The van der Waals surface area contributed by atoms with Crippen molar-refractivity contribution in [2.24, 2.45) is 0 Å². The van der Waals surface area contributed by atoms with E-state index in [1.807, 2.05) is 19.2 Å². The molecule has 0 bridgehead atoms. The molecule has 1 aliphatic rings. The molecule has 0 radical (unpaired) electrons. The van der Waals surface area contributed by atoms with E-state index in [1.165, 1.54) is 16.9 Å². The summed E-state index contributed by atoms with van der Waals surface area (Å²) in [5, 5.41) is 8.72. The summed E-state index contributed by atoms with van der Waals surface area (Å²) in [5.74, 6) is 0.434. The molecule has 1 aliphatic heterocycles. The average Bonchev–Trinajstić information content (AvgIpc) is 3.19. The predicted octanol–water partition coefficient (Wildman–Crippen LogP) is 3.65. The van der Waals surface area contributed by atoms with Crippen molar-refractivity contribution < 1.29 is 9.59 Å². The number of benzene rings is 1. The van der Waals surface area contributed by atoms with Crippen LogP contribution in [0.4, 0.5) is 0 Å². The fourth-order valence-electron chi connectivity index (χ4n) is 3.59. The minimum Gasteiger partial charge on any atom is -0.353 e. The monoisotopic (exact) mass is 428 g/mol. The highest BCUT2D eigenvalue weighted by Crippen LogP contribution is 2.26. The quantitative estimate of drug-likeness (QED) is 0.706. The average molecular weight is 429 g/mol. The lowest BCUT2D eigenvalue weighted by atomic mass is 10.0. The molecule has 1 aromatic heterocycles. The van der Waals surface area contributed by atoms with E-state index in [-0.39, 0.29) is 23.9 Å². The van der Waals surface area contributed by atoms with E-state index in [0.717, 1.165) is 36.5 Å². The summed E-state index contributed by atoms with van der Waals surface area (Å²) in [6, 6.07) is 8.66. The van der Waals surface area contributed by atoms with Crippen molar-refractivity contribution in [1.29, 1.82) is 0 Å². The number of nitrogens with zero attached hydrogens (tertiary/aromatic N) is 2. The molecule has 0 unspecified atom stereocenters. The zero-order chi connectivity index (χ0) is 21.7. The van der Waals surface area contributed by atoms with Crippen molar-refractivity contribution in [2.45, 2.75) is 58.5 Å². The van der Waals surface area contributed by atoms with Crippen LogP contribution in [0.2, 0.25) is 0 Å². The summed E-state index contributed by atoms with van der Waals surface area (Å²) >= 11 is 1.49. The minimum atomic E-state index is -0.118. The Labute approximate surface area is 183 Å². The van der Waals surface area contributed by atoms with E-state index in [1.54, 1.807) is 0 Å². The SMILES string of the molecule is CC(C)NC(=O)CN1CCC(NC(=O)c2csc(-c3ccc(C(C)C)cc3)n2)CC1. The standard InChI is InChI=1S/C23H32N4O2S/c1-15(2)17-5-7-18(8-6-17)23-26-20(14-30-23)22(29)25-19-9-11-27(12-10-19)13-21(28)24-16(3)4/h5-8,14-16,19H,9-13H2,1-4H3,(H,24,28)(H,25,29). The first-order valence-electron chi connectivity index (χ1n) is 10.7. The van der Waals surface area contributed by atoms with Crippen molar-refractivity contribution in [1.82, 2.24) is 20.5 Å². The Balaban J connectivity index is 1.50. The van der Waals surface area contributed by atoms with Crippen molar-refractivity contribution in [3.8, 4) is 10.6 Å². The summed E-state index contributed by atoms with van der Waals surface area (Å²) < 4.78 is 0.